The number of rotatable bonds is 12. The molecule has 0 spiro atoms. The molecule has 0 radical (unpaired) electrons. The maximum atomic E-state index is 14.0. The molecule has 2 aliphatic heterocycles. The van der Waals surface area contributed by atoms with E-state index in [-0.39, 0.29) is 43.8 Å². The van der Waals surface area contributed by atoms with Crippen molar-refractivity contribution in [2.45, 2.75) is 78.1 Å². The van der Waals surface area contributed by atoms with Gasteiger partial charge in [0.05, 0.1) is 34.8 Å². The van der Waals surface area contributed by atoms with E-state index in [2.05, 4.69) is 20.5 Å². The van der Waals surface area contributed by atoms with E-state index in [9.17, 15) is 24.3 Å². The van der Waals surface area contributed by atoms with E-state index in [0.29, 0.717) is 26.1 Å². The highest BCUT2D eigenvalue weighted by atomic mass is 32.1. The van der Waals surface area contributed by atoms with Gasteiger partial charge >= 0.3 is 5.97 Å². The van der Waals surface area contributed by atoms with Crippen molar-refractivity contribution >= 4 is 35.0 Å². The van der Waals surface area contributed by atoms with Crippen molar-refractivity contribution < 1.29 is 29.4 Å². The van der Waals surface area contributed by atoms with Crippen molar-refractivity contribution in [2.75, 3.05) is 45.8 Å². The fourth-order valence-electron chi connectivity index (χ4n) is 6.05. The zero-order chi connectivity index (χ0) is 33.6. The summed E-state index contributed by atoms with van der Waals surface area (Å²) in [5, 5.41) is 25.4. The number of carbonyl (C=O) groups excluding carboxylic acids is 3. The number of benzene rings is 1. The Bertz CT molecular complexity index is 1370. The van der Waals surface area contributed by atoms with Gasteiger partial charge in [0.15, 0.2) is 0 Å². The van der Waals surface area contributed by atoms with Crippen LogP contribution in [0.1, 0.15) is 64.3 Å². The smallest absolute Gasteiger partial charge is 0.303 e. The van der Waals surface area contributed by atoms with Crippen LogP contribution < -0.4 is 10.6 Å². The molecule has 252 valence electrons. The average Bonchev–Trinajstić information content (AvgIpc) is 3.61. The molecule has 3 amide bonds. The number of aliphatic carboxylic acids is 1. The Morgan fingerprint density at radius 3 is 2.28 bits per heavy atom. The molecule has 1 aromatic heterocycles. The molecule has 4 rings (SSSR count). The summed E-state index contributed by atoms with van der Waals surface area (Å²) in [5.41, 5.74) is 4.12. The number of nitrogens with zero attached hydrogens (tertiary/aromatic N) is 4. The first kappa shape index (κ1) is 35.5. The summed E-state index contributed by atoms with van der Waals surface area (Å²) in [6, 6.07) is 5.87. The summed E-state index contributed by atoms with van der Waals surface area (Å²) in [4.78, 5) is 62.5. The van der Waals surface area contributed by atoms with Crippen molar-refractivity contribution in [3.8, 4) is 10.4 Å². The first-order valence-corrected chi connectivity index (χ1v) is 16.9. The molecule has 13 heteroatoms. The lowest BCUT2D eigenvalue weighted by Gasteiger charge is -2.37. The number of hydrogen-bond acceptors (Lipinski definition) is 9. The van der Waals surface area contributed by atoms with Gasteiger partial charge in [0, 0.05) is 45.6 Å². The molecule has 0 unspecified atom stereocenters. The number of amides is 3. The number of carbonyl (C=O) groups is 4. The number of aryl methyl sites for hydroxylation is 1. The molecule has 0 bridgehead atoms. The highest BCUT2D eigenvalue weighted by Crippen LogP contribution is 2.29. The predicted molar refractivity (Wildman–Crippen MR) is 176 cm³/mol. The van der Waals surface area contributed by atoms with Crippen LogP contribution in [0.5, 0.6) is 0 Å². The van der Waals surface area contributed by atoms with E-state index in [1.807, 2.05) is 69.3 Å². The van der Waals surface area contributed by atoms with Crippen LogP contribution in [0.15, 0.2) is 29.8 Å². The van der Waals surface area contributed by atoms with Gasteiger partial charge in [-0.3, -0.25) is 24.1 Å². The Morgan fingerprint density at radius 2 is 1.70 bits per heavy atom. The van der Waals surface area contributed by atoms with Gasteiger partial charge in [-0.05, 0) is 43.4 Å². The average molecular weight is 657 g/mol. The lowest BCUT2D eigenvalue weighted by atomic mass is 9.85. The number of aliphatic hydroxyl groups is 1. The summed E-state index contributed by atoms with van der Waals surface area (Å²) in [7, 11) is 0. The minimum Gasteiger partial charge on any atom is -0.481 e. The third kappa shape index (κ3) is 9.34. The summed E-state index contributed by atoms with van der Waals surface area (Å²) in [6.07, 6.45) is 0.00720. The standard InChI is InChI=1S/C33H48N6O6S/c1-21(23-8-10-24(11-9-23)29-22(2)34-20-46-29)35-31(44)26-17-25(40)18-39(26)32(45)30(33(3,4)5)36-27(41)19-38-15-13-37(14-16-38)12-6-7-28(42)43/h8-11,20-21,25-26,30,40H,6-7,12-19H2,1-5H3,(H,35,44)(H,36,41)(H,42,43)/t21-,25+,26-,30+/m0/s1. The Balaban J connectivity index is 1.34. The topological polar surface area (TPSA) is 155 Å². The largest absolute Gasteiger partial charge is 0.481 e. The molecule has 2 fully saturated rings. The number of carboxylic acid groups (broad SMARTS) is 1. The molecule has 2 saturated heterocycles. The Labute approximate surface area is 275 Å². The lowest BCUT2D eigenvalue weighted by Crippen LogP contribution is -2.59. The van der Waals surface area contributed by atoms with E-state index in [0.717, 1.165) is 34.8 Å². The van der Waals surface area contributed by atoms with Crippen molar-refractivity contribution in [3.05, 3.63) is 41.0 Å². The molecule has 3 heterocycles. The highest BCUT2D eigenvalue weighted by Gasteiger charge is 2.44. The molecule has 2 aromatic rings. The fourth-order valence-corrected chi connectivity index (χ4v) is 6.86. The van der Waals surface area contributed by atoms with Gasteiger partial charge in [0.25, 0.3) is 0 Å². The Hall–Kier alpha value is -3.39. The van der Waals surface area contributed by atoms with Crippen molar-refractivity contribution in [2.24, 2.45) is 5.41 Å². The lowest BCUT2D eigenvalue weighted by molar-refractivity contribution is -0.144. The number of β-amino-alcohol motifs (C(OH)–C–C–N with tert-alkyl or cyclic N) is 1. The number of hydrogen-bond donors (Lipinski definition) is 4. The first-order chi connectivity index (χ1) is 21.7. The van der Waals surface area contributed by atoms with Crippen LogP contribution in [0.2, 0.25) is 0 Å². The molecule has 1 aromatic carbocycles. The molecule has 0 aliphatic carbocycles. The zero-order valence-electron chi connectivity index (χ0n) is 27.5. The van der Waals surface area contributed by atoms with Crippen LogP contribution in [-0.4, -0.2) is 118 Å². The second-order valence-electron chi connectivity index (χ2n) is 13.5. The number of piperazine rings is 1. The van der Waals surface area contributed by atoms with Gasteiger partial charge in [0.1, 0.15) is 12.1 Å². The van der Waals surface area contributed by atoms with Crippen molar-refractivity contribution in [1.29, 1.82) is 0 Å². The van der Waals surface area contributed by atoms with Gasteiger partial charge < -0.3 is 30.6 Å². The minimum atomic E-state index is -0.891. The van der Waals surface area contributed by atoms with Crippen molar-refractivity contribution in [1.82, 2.24) is 30.3 Å². The van der Waals surface area contributed by atoms with Crippen LogP contribution in [0.4, 0.5) is 0 Å². The van der Waals surface area contributed by atoms with Crippen LogP contribution in [0, 0.1) is 12.3 Å². The highest BCUT2D eigenvalue weighted by molar-refractivity contribution is 7.13. The van der Waals surface area contributed by atoms with Crippen LogP contribution in [0.3, 0.4) is 0 Å². The normalized spacial score (nSPS) is 20.7. The minimum absolute atomic E-state index is 0.0144. The van der Waals surface area contributed by atoms with E-state index < -0.39 is 35.5 Å². The molecule has 2 aliphatic rings. The monoisotopic (exact) mass is 656 g/mol. The third-order valence-corrected chi connectivity index (χ3v) is 9.73. The Kier molecular flexibility index (Phi) is 11.9. The zero-order valence-corrected chi connectivity index (χ0v) is 28.3. The molecule has 4 atom stereocenters. The van der Waals surface area contributed by atoms with Crippen LogP contribution in [-0.2, 0) is 19.2 Å². The summed E-state index contributed by atoms with van der Waals surface area (Å²) >= 11 is 1.58. The number of carboxylic acids is 1. The SMILES string of the molecule is Cc1ncsc1-c1ccc([C@H](C)NC(=O)[C@@H]2C[C@@H](O)CN2C(=O)[C@@H](NC(=O)CN2CCN(CCCC(=O)O)CC2)C(C)(C)C)cc1. The molecule has 12 nitrogen and oxygen atoms in total. The molecule has 46 heavy (non-hydrogen) atoms. The number of nitrogens with one attached hydrogen (secondary N) is 2. The van der Waals surface area contributed by atoms with Crippen LogP contribution in [0.25, 0.3) is 10.4 Å². The number of aliphatic hydroxyl groups excluding tert-OH is 1. The first-order valence-electron chi connectivity index (χ1n) is 16.0. The molecular weight excluding hydrogens is 608 g/mol. The maximum Gasteiger partial charge on any atom is 0.303 e. The fraction of sp³-hybridized carbons (Fsp3) is 0.606. The summed E-state index contributed by atoms with van der Waals surface area (Å²) in [5.74, 6) is -1.82. The van der Waals surface area contributed by atoms with E-state index in [4.69, 9.17) is 5.11 Å². The molecule has 0 saturated carbocycles. The van der Waals surface area contributed by atoms with E-state index in [1.54, 1.807) is 11.3 Å². The van der Waals surface area contributed by atoms with Gasteiger partial charge in [-0.25, -0.2) is 4.98 Å². The molecule has 4 N–H and O–H groups in total. The van der Waals surface area contributed by atoms with Crippen LogP contribution >= 0.6 is 11.3 Å². The number of thiazole rings is 1. The second-order valence-corrected chi connectivity index (χ2v) is 14.4. The van der Waals surface area contributed by atoms with Gasteiger partial charge in [-0.2, -0.15) is 0 Å². The maximum absolute atomic E-state index is 14.0. The Morgan fingerprint density at radius 1 is 1.04 bits per heavy atom. The number of aromatic nitrogens is 1. The van der Waals surface area contributed by atoms with E-state index >= 15 is 0 Å². The molecular formula is C33H48N6O6S. The second kappa shape index (κ2) is 15.5. The van der Waals surface area contributed by atoms with Gasteiger partial charge in [-0.1, -0.05) is 45.0 Å². The van der Waals surface area contributed by atoms with Gasteiger partial charge in [-0.15, -0.1) is 11.3 Å². The van der Waals surface area contributed by atoms with Crippen molar-refractivity contribution in [3.63, 3.8) is 0 Å². The third-order valence-electron chi connectivity index (χ3n) is 8.76. The van der Waals surface area contributed by atoms with E-state index in [1.165, 1.54) is 4.90 Å². The summed E-state index contributed by atoms with van der Waals surface area (Å²) < 4.78 is 0. The van der Waals surface area contributed by atoms with Gasteiger partial charge in [0.2, 0.25) is 17.7 Å². The summed E-state index contributed by atoms with van der Waals surface area (Å²) in [6.45, 7) is 13.1. The predicted octanol–water partition coefficient (Wildman–Crippen LogP) is 2.27. The quantitative estimate of drug-likeness (QED) is 0.269. The number of likely N-dealkylation sites (tertiary alicyclic amines) is 1.